The number of methoxy groups -OCH3 is 1. The number of fused-ring (bicyclic) bond motifs is 1. The molecule has 2 aromatic carbocycles. The van der Waals surface area contributed by atoms with Gasteiger partial charge in [-0.3, -0.25) is 4.72 Å². The van der Waals surface area contributed by atoms with Crippen LogP contribution in [0.25, 0.3) is 0 Å². The van der Waals surface area contributed by atoms with Crippen molar-refractivity contribution in [1.29, 1.82) is 0 Å². The van der Waals surface area contributed by atoms with Gasteiger partial charge >= 0.3 is 0 Å². The summed E-state index contributed by atoms with van der Waals surface area (Å²) < 4.78 is 34.3. The van der Waals surface area contributed by atoms with Gasteiger partial charge in [0.05, 0.1) is 17.7 Å². The van der Waals surface area contributed by atoms with Crippen LogP contribution in [0.15, 0.2) is 35.2 Å². The molecule has 1 N–H and O–H groups in total. The minimum atomic E-state index is -3.74. The fraction of sp³-hybridized carbons (Fsp3) is 0.400. The fourth-order valence-corrected chi connectivity index (χ4v) is 5.23. The molecule has 1 aliphatic carbocycles. The molecule has 0 fully saturated rings. The van der Waals surface area contributed by atoms with Crippen molar-refractivity contribution in [3.8, 4) is 5.75 Å². The van der Waals surface area contributed by atoms with E-state index < -0.39 is 10.0 Å². The van der Waals surface area contributed by atoms with E-state index in [1.165, 1.54) is 0 Å². The highest BCUT2D eigenvalue weighted by atomic mass is 35.5. The van der Waals surface area contributed by atoms with Gasteiger partial charge in [0.15, 0.2) is 0 Å². The van der Waals surface area contributed by atoms with Crippen LogP contribution in [0.2, 0.25) is 5.02 Å². The Morgan fingerprint density at radius 2 is 1.93 bits per heavy atom. The van der Waals surface area contributed by atoms with E-state index in [1.54, 1.807) is 38.3 Å². The van der Waals surface area contributed by atoms with Crippen molar-refractivity contribution in [3.05, 3.63) is 52.0 Å². The highest BCUT2D eigenvalue weighted by Crippen LogP contribution is 2.37. The number of ether oxygens (including phenoxy) is 1. The van der Waals surface area contributed by atoms with Crippen molar-refractivity contribution in [3.63, 3.8) is 0 Å². The van der Waals surface area contributed by atoms with Gasteiger partial charge in [-0.25, -0.2) is 8.42 Å². The van der Waals surface area contributed by atoms with Crippen molar-refractivity contribution in [2.75, 3.05) is 25.9 Å². The monoisotopic (exact) mass is 408 g/mol. The molecule has 1 aliphatic rings. The molecule has 7 heteroatoms. The topological polar surface area (TPSA) is 58.6 Å². The zero-order valence-corrected chi connectivity index (χ0v) is 17.6. The predicted molar refractivity (Wildman–Crippen MR) is 109 cm³/mol. The Morgan fingerprint density at radius 3 is 2.59 bits per heavy atom. The highest BCUT2D eigenvalue weighted by molar-refractivity contribution is 7.92. The van der Waals surface area contributed by atoms with Gasteiger partial charge in [-0.15, -0.1) is 0 Å². The normalized spacial score (nSPS) is 16.9. The van der Waals surface area contributed by atoms with Crippen LogP contribution in [0, 0.1) is 6.92 Å². The lowest BCUT2D eigenvalue weighted by Crippen LogP contribution is -2.34. The van der Waals surface area contributed by atoms with Gasteiger partial charge in [0.25, 0.3) is 10.0 Å². The summed E-state index contributed by atoms with van der Waals surface area (Å²) in [6, 6.07) is 8.93. The molecule has 0 saturated heterocycles. The molecule has 0 bridgehead atoms. The number of sulfonamides is 1. The molecule has 0 radical (unpaired) electrons. The maximum atomic E-state index is 13.0. The molecule has 146 valence electrons. The number of nitrogens with zero attached hydrogens (tertiary/aromatic N) is 1. The molecule has 1 atom stereocenters. The Kier molecular flexibility index (Phi) is 5.70. The summed E-state index contributed by atoms with van der Waals surface area (Å²) in [5.74, 6) is 0.804. The van der Waals surface area contributed by atoms with Gasteiger partial charge in [0, 0.05) is 16.6 Å². The summed E-state index contributed by atoms with van der Waals surface area (Å²) in [6.45, 7) is 1.71. The van der Waals surface area contributed by atoms with Crippen LogP contribution < -0.4 is 9.46 Å². The van der Waals surface area contributed by atoms with Crippen LogP contribution in [0.1, 0.15) is 23.1 Å². The van der Waals surface area contributed by atoms with E-state index >= 15 is 0 Å². The largest absolute Gasteiger partial charge is 0.496 e. The molecular formula is C20H25ClN2O3S. The average Bonchev–Trinajstić information content (AvgIpc) is 2.63. The molecule has 0 amide bonds. The summed E-state index contributed by atoms with van der Waals surface area (Å²) in [5, 5.41) is 0.434. The van der Waals surface area contributed by atoms with Crippen molar-refractivity contribution >= 4 is 27.3 Å². The SMILES string of the molecule is COc1ccc(NS(=O)(=O)c2cccc(Cl)c2C)c2c1C[C@@H](N(C)C)CC2. The molecule has 0 aromatic heterocycles. The molecule has 0 aliphatic heterocycles. The standard InChI is InChI=1S/C20H25ClN2O3S/c1-13-17(21)6-5-7-20(13)27(24,25)22-18-10-11-19(26-4)16-12-14(23(2)3)8-9-15(16)18/h5-7,10-11,14,22H,8-9,12H2,1-4H3/t14-/m0/s1. The first-order valence-corrected chi connectivity index (χ1v) is 10.7. The summed E-state index contributed by atoms with van der Waals surface area (Å²) in [5.41, 5.74) is 3.24. The maximum Gasteiger partial charge on any atom is 0.262 e. The lowest BCUT2D eigenvalue weighted by atomic mass is 9.86. The lowest BCUT2D eigenvalue weighted by Gasteiger charge is -2.32. The van der Waals surface area contributed by atoms with E-state index in [9.17, 15) is 8.42 Å². The number of halogens is 1. The maximum absolute atomic E-state index is 13.0. The molecule has 27 heavy (non-hydrogen) atoms. The highest BCUT2D eigenvalue weighted by Gasteiger charge is 2.27. The van der Waals surface area contributed by atoms with Gasteiger partial charge < -0.3 is 9.64 Å². The van der Waals surface area contributed by atoms with Gasteiger partial charge in [-0.1, -0.05) is 17.7 Å². The first kappa shape index (κ1) is 20.0. The second kappa shape index (κ2) is 7.70. The van der Waals surface area contributed by atoms with Crippen LogP contribution in [0.4, 0.5) is 5.69 Å². The Labute approximate surface area is 166 Å². The second-order valence-corrected chi connectivity index (χ2v) is 9.16. The lowest BCUT2D eigenvalue weighted by molar-refractivity contribution is 0.265. The van der Waals surface area contributed by atoms with E-state index in [-0.39, 0.29) is 4.90 Å². The molecule has 0 unspecified atom stereocenters. The predicted octanol–water partition coefficient (Wildman–Crippen LogP) is 3.88. The number of hydrogen-bond donors (Lipinski definition) is 1. The molecular weight excluding hydrogens is 384 g/mol. The van der Waals surface area contributed by atoms with Gasteiger partial charge in [-0.2, -0.15) is 0 Å². The average molecular weight is 409 g/mol. The minimum absolute atomic E-state index is 0.196. The Balaban J connectivity index is 2.01. The van der Waals surface area contributed by atoms with Crippen molar-refractivity contribution in [2.45, 2.75) is 37.1 Å². The van der Waals surface area contributed by atoms with Crippen LogP contribution in [0.3, 0.4) is 0 Å². The third-order valence-corrected chi connectivity index (χ3v) is 7.18. The molecule has 0 spiro atoms. The number of anilines is 1. The van der Waals surface area contributed by atoms with Crippen LogP contribution in [-0.2, 0) is 22.9 Å². The van der Waals surface area contributed by atoms with Crippen molar-refractivity contribution < 1.29 is 13.2 Å². The summed E-state index contributed by atoms with van der Waals surface area (Å²) in [6.07, 6.45) is 2.59. The number of rotatable bonds is 5. The van der Waals surface area contributed by atoms with E-state index in [0.29, 0.717) is 22.3 Å². The van der Waals surface area contributed by atoms with E-state index in [1.807, 2.05) is 6.07 Å². The first-order chi connectivity index (χ1) is 12.7. The second-order valence-electron chi connectivity index (χ2n) is 7.10. The summed E-state index contributed by atoms with van der Waals surface area (Å²) in [4.78, 5) is 2.40. The van der Waals surface area contributed by atoms with Crippen LogP contribution >= 0.6 is 11.6 Å². The van der Waals surface area contributed by atoms with E-state index in [4.69, 9.17) is 16.3 Å². The van der Waals surface area contributed by atoms with Crippen LogP contribution in [0.5, 0.6) is 5.75 Å². The van der Waals surface area contributed by atoms with Gasteiger partial charge in [0.1, 0.15) is 5.75 Å². The number of likely N-dealkylation sites (N-methyl/N-ethyl adjacent to an activating group) is 1. The number of benzene rings is 2. The Bertz CT molecular complexity index is 958. The third kappa shape index (κ3) is 3.93. The molecule has 3 rings (SSSR count). The van der Waals surface area contributed by atoms with Crippen molar-refractivity contribution in [2.24, 2.45) is 0 Å². The molecule has 5 nitrogen and oxygen atoms in total. The summed E-state index contributed by atoms with van der Waals surface area (Å²) >= 11 is 6.11. The van der Waals surface area contributed by atoms with Gasteiger partial charge in [-0.05, 0) is 75.7 Å². The summed E-state index contributed by atoms with van der Waals surface area (Å²) in [7, 11) is 2.04. The van der Waals surface area contributed by atoms with Gasteiger partial charge in [0.2, 0.25) is 0 Å². The minimum Gasteiger partial charge on any atom is -0.496 e. The third-order valence-electron chi connectivity index (χ3n) is 5.26. The zero-order valence-electron chi connectivity index (χ0n) is 16.0. The van der Waals surface area contributed by atoms with Crippen molar-refractivity contribution in [1.82, 2.24) is 4.90 Å². The quantitative estimate of drug-likeness (QED) is 0.815. The Hall–Kier alpha value is -1.76. The van der Waals surface area contributed by atoms with E-state index in [0.717, 1.165) is 36.1 Å². The molecule has 2 aromatic rings. The number of hydrogen-bond acceptors (Lipinski definition) is 4. The van der Waals surface area contributed by atoms with E-state index in [2.05, 4.69) is 23.7 Å². The molecule has 0 heterocycles. The molecule has 0 saturated carbocycles. The fourth-order valence-electron chi connectivity index (χ4n) is 3.64. The number of nitrogens with one attached hydrogen (secondary N) is 1. The first-order valence-electron chi connectivity index (χ1n) is 8.87. The zero-order chi connectivity index (χ0) is 19.8. The smallest absolute Gasteiger partial charge is 0.262 e. The van der Waals surface area contributed by atoms with Crippen LogP contribution in [-0.4, -0.2) is 40.6 Å². The Morgan fingerprint density at radius 1 is 1.19 bits per heavy atom.